The van der Waals surface area contributed by atoms with Crippen molar-refractivity contribution in [1.29, 1.82) is 0 Å². The number of amides is 1. The molecule has 0 saturated carbocycles. The van der Waals surface area contributed by atoms with Gasteiger partial charge in [0.25, 0.3) is 0 Å². The van der Waals surface area contributed by atoms with Crippen molar-refractivity contribution < 1.29 is 50.0 Å². The molecular formula is C74H139NO10. The minimum absolute atomic E-state index is 0.247. The fraction of sp³-hybridized carbons (Fsp3) is 0.878. The fourth-order valence-corrected chi connectivity index (χ4v) is 11.7. The maximum atomic E-state index is 13.3. The Bertz CT molecular complexity index is 1520. The minimum Gasteiger partial charge on any atom is -0.394 e. The van der Waals surface area contributed by atoms with Crippen molar-refractivity contribution in [2.45, 2.75) is 403 Å². The zero-order valence-electron chi connectivity index (χ0n) is 55.4. The molecule has 0 spiro atoms. The lowest BCUT2D eigenvalue weighted by Gasteiger charge is -2.40. The first-order chi connectivity index (χ1) is 41.7. The number of rotatable bonds is 64. The van der Waals surface area contributed by atoms with E-state index >= 15 is 0 Å². The zero-order valence-corrected chi connectivity index (χ0v) is 55.4. The van der Waals surface area contributed by atoms with Crippen LogP contribution in [0.3, 0.4) is 0 Å². The van der Waals surface area contributed by atoms with Crippen LogP contribution in [0.4, 0.5) is 0 Å². The molecule has 11 nitrogen and oxygen atoms in total. The Balaban J connectivity index is 2.22. The molecule has 1 aliphatic heterocycles. The summed E-state index contributed by atoms with van der Waals surface area (Å²) in [6.45, 7) is 3.49. The average molecular weight is 1200 g/mol. The summed E-state index contributed by atoms with van der Waals surface area (Å²) in [4.78, 5) is 13.3. The monoisotopic (exact) mass is 1200 g/mol. The summed E-state index contributed by atoms with van der Waals surface area (Å²) in [5.74, 6) is -0.707. The van der Waals surface area contributed by atoms with Gasteiger partial charge in [0.2, 0.25) is 5.91 Å². The van der Waals surface area contributed by atoms with Crippen LogP contribution in [0.15, 0.2) is 48.6 Å². The molecule has 1 saturated heterocycles. The maximum absolute atomic E-state index is 13.3. The Labute approximate surface area is 523 Å². The first-order valence-electron chi connectivity index (χ1n) is 36.5. The van der Waals surface area contributed by atoms with E-state index in [9.17, 15) is 40.5 Å². The molecule has 1 aliphatic rings. The van der Waals surface area contributed by atoms with Gasteiger partial charge >= 0.3 is 0 Å². The van der Waals surface area contributed by atoms with Gasteiger partial charge in [0.15, 0.2) is 6.29 Å². The van der Waals surface area contributed by atoms with Crippen LogP contribution in [0.1, 0.15) is 348 Å². The maximum Gasteiger partial charge on any atom is 0.249 e. The van der Waals surface area contributed by atoms with E-state index in [1.807, 2.05) is 0 Å². The number of aliphatic hydroxyl groups is 7. The highest BCUT2D eigenvalue weighted by atomic mass is 16.7. The van der Waals surface area contributed by atoms with E-state index in [1.165, 1.54) is 257 Å². The number of nitrogens with one attached hydrogen (secondary N) is 1. The Morgan fingerprint density at radius 2 is 0.741 bits per heavy atom. The van der Waals surface area contributed by atoms with Crippen molar-refractivity contribution >= 4 is 5.91 Å². The van der Waals surface area contributed by atoms with Gasteiger partial charge in [-0.15, -0.1) is 0 Å². The molecule has 1 amide bonds. The van der Waals surface area contributed by atoms with Crippen LogP contribution in [-0.4, -0.2) is 110 Å². The van der Waals surface area contributed by atoms with Crippen molar-refractivity contribution in [2.24, 2.45) is 0 Å². The molecular weight excluding hydrogens is 1060 g/mol. The van der Waals surface area contributed by atoms with Gasteiger partial charge in [0.05, 0.1) is 25.4 Å². The van der Waals surface area contributed by atoms with E-state index in [2.05, 4.69) is 67.8 Å². The summed E-state index contributed by atoms with van der Waals surface area (Å²) in [5.41, 5.74) is 0. The van der Waals surface area contributed by atoms with E-state index in [4.69, 9.17) is 9.47 Å². The van der Waals surface area contributed by atoms with E-state index < -0.39 is 74.2 Å². The van der Waals surface area contributed by atoms with Crippen LogP contribution in [0.2, 0.25) is 0 Å². The molecule has 0 aromatic heterocycles. The third-order valence-corrected chi connectivity index (χ3v) is 17.6. The van der Waals surface area contributed by atoms with E-state index in [0.29, 0.717) is 19.3 Å². The number of aliphatic hydroxyl groups excluding tert-OH is 7. The van der Waals surface area contributed by atoms with Crippen molar-refractivity contribution in [2.75, 3.05) is 13.2 Å². The first-order valence-corrected chi connectivity index (χ1v) is 36.5. The largest absolute Gasteiger partial charge is 0.394 e. The van der Waals surface area contributed by atoms with E-state index in [-0.39, 0.29) is 12.8 Å². The number of allylic oxidation sites excluding steroid dienone is 8. The lowest BCUT2D eigenvalue weighted by Crippen LogP contribution is -2.60. The molecule has 1 fully saturated rings. The molecule has 11 heteroatoms. The molecule has 9 unspecified atom stereocenters. The predicted molar refractivity (Wildman–Crippen MR) is 358 cm³/mol. The number of unbranched alkanes of at least 4 members (excludes halogenated alkanes) is 44. The topological polar surface area (TPSA) is 189 Å². The van der Waals surface area contributed by atoms with Crippen LogP contribution < -0.4 is 5.32 Å². The van der Waals surface area contributed by atoms with Crippen LogP contribution in [0.25, 0.3) is 0 Å². The highest BCUT2D eigenvalue weighted by Gasteiger charge is 2.44. The summed E-state index contributed by atoms with van der Waals surface area (Å²) < 4.78 is 11.2. The number of carbonyl (C=O) groups is 1. The second kappa shape index (κ2) is 62.3. The summed E-state index contributed by atoms with van der Waals surface area (Å²) in [6.07, 6.45) is 70.6. The van der Waals surface area contributed by atoms with Crippen LogP contribution in [-0.2, 0) is 14.3 Å². The minimum atomic E-state index is -1.67. The second-order valence-electron chi connectivity index (χ2n) is 25.6. The number of hydrogen-bond acceptors (Lipinski definition) is 10. The second-order valence-corrected chi connectivity index (χ2v) is 25.6. The molecule has 8 N–H and O–H groups in total. The standard InChI is InChI=1S/C74H139NO10/c1-3-5-7-9-11-13-15-17-19-21-23-25-27-29-31-33-34-36-38-40-42-44-46-48-50-52-54-56-58-60-62-67(78)73(83)75-65(64-84-74-72(82)71(81)70(80)68(63-76)85-74)69(79)66(77)61-59-57-55-53-51-49-47-45-43-41-39-37-35-32-30-28-26-24-22-20-18-16-14-12-10-8-6-4-2/h23,25,29,31,45,47,53,55,65-72,74,76-82H,3-22,24,26-28,30,32-44,46,48-52,54,56-64H2,1-2H3,(H,75,83)/b25-23-,31-29-,47-45+,55-53+. The van der Waals surface area contributed by atoms with Gasteiger partial charge in [-0.2, -0.15) is 0 Å². The molecule has 0 aromatic rings. The SMILES string of the molecule is CCCCCCCCCCC/C=C\C/C=C\CCCCCCCCCCCCCCCCC(O)C(=O)NC(COC1OC(CO)C(O)C(O)C1O)C(O)C(O)CCC/C=C/CC/C=C/CCCCCCCCCCCCCCCCCCCCC. The normalized spacial score (nSPS) is 19.1. The summed E-state index contributed by atoms with van der Waals surface area (Å²) in [5, 5.41) is 76.5. The molecule has 0 aliphatic carbocycles. The summed E-state index contributed by atoms with van der Waals surface area (Å²) in [6, 6.07) is -1.19. The molecule has 9 atom stereocenters. The summed E-state index contributed by atoms with van der Waals surface area (Å²) in [7, 11) is 0. The Kier molecular flexibility index (Phi) is 59.4. The summed E-state index contributed by atoms with van der Waals surface area (Å²) >= 11 is 0. The van der Waals surface area contributed by atoms with Gasteiger partial charge < -0.3 is 50.5 Å². The van der Waals surface area contributed by atoms with Crippen molar-refractivity contribution in [3.63, 3.8) is 0 Å². The molecule has 0 bridgehead atoms. The lowest BCUT2D eigenvalue weighted by molar-refractivity contribution is -0.303. The third-order valence-electron chi connectivity index (χ3n) is 17.6. The van der Waals surface area contributed by atoms with Gasteiger partial charge in [-0.25, -0.2) is 0 Å². The smallest absolute Gasteiger partial charge is 0.249 e. The Hall–Kier alpha value is -1.93. The van der Waals surface area contributed by atoms with Gasteiger partial charge in [-0.1, -0.05) is 313 Å². The van der Waals surface area contributed by atoms with Gasteiger partial charge in [0.1, 0.15) is 36.6 Å². The van der Waals surface area contributed by atoms with Gasteiger partial charge in [-0.3, -0.25) is 4.79 Å². The molecule has 0 radical (unpaired) electrons. The third kappa shape index (κ3) is 49.5. The molecule has 1 rings (SSSR count). The van der Waals surface area contributed by atoms with Crippen molar-refractivity contribution in [3.05, 3.63) is 48.6 Å². The molecule has 0 aromatic carbocycles. The molecule has 1 heterocycles. The van der Waals surface area contributed by atoms with E-state index in [1.54, 1.807) is 0 Å². The fourth-order valence-electron chi connectivity index (χ4n) is 11.7. The van der Waals surface area contributed by atoms with Crippen molar-refractivity contribution in [1.82, 2.24) is 5.32 Å². The Morgan fingerprint density at radius 3 is 1.12 bits per heavy atom. The predicted octanol–water partition coefficient (Wildman–Crippen LogP) is 17.9. The van der Waals surface area contributed by atoms with Gasteiger partial charge in [0, 0.05) is 0 Å². The van der Waals surface area contributed by atoms with Crippen LogP contribution in [0, 0.1) is 0 Å². The first kappa shape index (κ1) is 81.1. The highest BCUT2D eigenvalue weighted by Crippen LogP contribution is 2.24. The highest BCUT2D eigenvalue weighted by molar-refractivity contribution is 5.80. The van der Waals surface area contributed by atoms with Crippen LogP contribution in [0.5, 0.6) is 0 Å². The molecule has 85 heavy (non-hydrogen) atoms. The number of ether oxygens (including phenoxy) is 2. The molecule has 500 valence electrons. The number of carbonyl (C=O) groups excluding carboxylic acids is 1. The van der Waals surface area contributed by atoms with Crippen LogP contribution >= 0.6 is 0 Å². The average Bonchev–Trinajstić information content (AvgIpc) is 3.51. The van der Waals surface area contributed by atoms with Gasteiger partial charge in [-0.05, 0) is 83.5 Å². The zero-order chi connectivity index (χ0) is 61.7. The quantitative estimate of drug-likeness (QED) is 0.0215. The lowest BCUT2D eigenvalue weighted by atomic mass is 9.98. The number of hydrogen-bond donors (Lipinski definition) is 8. The van der Waals surface area contributed by atoms with Crippen molar-refractivity contribution in [3.8, 4) is 0 Å². The van der Waals surface area contributed by atoms with E-state index in [0.717, 1.165) is 44.9 Å². The Morgan fingerprint density at radius 1 is 0.412 bits per heavy atom.